The van der Waals surface area contributed by atoms with Crippen LogP contribution in [0, 0.1) is 11.2 Å². The van der Waals surface area contributed by atoms with Gasteiger partial charge in [0.25, 0.3) is 0 Å². The molecule has 2 amide bonds. The molecule has 2 fully saturated rings. The van der Waals surface area contributed by atoms with Crippen molar-refractivity contribution in [3.05, 3.63) is 118 Å². The predicted octanol–water partition coefficient (Wildman–Crippen LogP) is 6.98. The number of hydrogen-bond acceptors (Lipinski definition) is 11. The average molecular weight is 874 g/mol. The molecule has 2 saturated heterocycles. The fourth-order valence-electron chi connectivity index (χ4n) is 7.54. The zero-order chi connectivity index (χ0) is 44.9. The Labute approximate surface area is 370 Å². The SMILES string of the molecule is COCC(C)(C)C(C)(C)N1CCOCC1.COc1ccc(C(C)N2CCN(C(=O)C(=O)Nc3ccc(OCc4ccc(F)cc4)c(Cl)c3)CC2)c(/C(Cc2ccncc2)=N\N)c1. The molecule has 0 spiro atoms. The minimum Gasteiger partial charge on any atom is -0.497 e. The number of hydrogen-bond donors (Lipinski definition) is 2. The number of hydrazone groups is 1. The second-order valence-corrected chi connectivity index (χ2v) is 17.0. The van der Waals surface area contributed by atoms with Crippen LogP contribution in [0.3, 0.4) is 0 Å². The van der Waals surface area contributed by atoms with E-state index in [4.69, 9.17) is 36.4 Å². The molecule has 0 aliphatic carbocycles. The largest absolute Gasteiger partial charge is 0.497 e. The highest BCUT2D eigenvalue weighted by molar-refractivity contribution is 6.39. The summed E-state index contributed by atoms with van der Waals surface area (Å²) in [6.45, 7) is 17.9. The molecule has 1 unspecified atom stereocenters. The topological polar surface area (TPSA) is 144 Å². The van der Waals surface area contributed by atoms with Gasteiger partial charge in [0.1, 0.15) is 23.9 Å². The van der Waals surface area contributed by atoms with Gasteiger partial charge in [-0.2, -0.15) is 5.10 Å². The summed E-state index contributed by atoms with van der Waals surface area (Å²) in [7, 11) is 3.39. The lowest BCUT2D eigenvalue weighted by molar-refractivity contribution is -0.144. The number of aromatic nitrogens is 1. The van der Waals surface area contributed by atoms with Crippen molar-refractivity contribution in [3.63, 3.8) is 0 Å². The third-order valence-electron chi connectivity index (χ3n) is 12.1. The van der Waals surface area contributed by atoms with Gasteiger partial charge in [0.2, 0.25) is 0 Å². The molecule has 4 aromatic rings. The Morgan fingerprint density at radius 3 is 2.21 bits per heavy atom. The number of pyridine rings is 1. The number of nitrogens with zero attached hydrogens (tertiary/aromatic N) is 5. The van der Waals surface area contributed by atoms with Gasteiger partial charge in [-0.25, -0.2) is 4.39 Å². The van der Waals surface area contributed by atoms with E-state index < -0.39 is 11.8 Å². The minimum atomic E-state index is -0.750. The number of nitrogens with two attached hydrogens (primary N) is 1. The Balaban J connectivity index is 0.000000409. The Morgan fingerprint density at radius 2 is 1.60 bits per heavy atom. The smallest absolute Gasteiger partial charge is 0.313 e. The van der Waals surface area contributed by atoms with Crippen LogP contribution in [-0.2, 0) is 32.1 Å². The highest BCUT2D eigenvalue weighted by Gasteiger charge is 2.42. The highest BCUT2D eigenvalue weighted by atomic mass is 35.5. The van der Waals surface area contributed by atoms with E-state index in [0.717, 1.165) is 60.9 Å². The molecule has 1 aromatic heterocycles. The van der Waals surface area contributed by atoms with E-state index in [0.29, 0.717) is 49.8 Å². The Hall–Kier alpha value is -5.12. The Kier molecular flexibility index (Phi) is 17.2. The molecule has 0 bridgehead atoms. The third kappa shape index (κ3) is 12.5. The first-order valence-corrected chi connectivity index (χ1v) is 21.2. The van der Waals surface area contributed by atoms with Gasteiger partial charge >= 0.3 is 11.8 Å². The van der Waals surface area contributed by atoms with Crippen molar-refractivity contribution in [1.82, 2.24) is 19.7 Å². The normalized spacial score (nSPS) is 15.9. The number of anilines is 1. The molecule has 0 radical (unpaired) electrons. The quantitative estimate of drug-likeness (QED) is 0.0590. The van der Waals surface area contributed by atoms with E-state index >= 15 is 0 Å². The molecule has 6 rings (SSSR count). The van der Waals surface area contributed by atoms with Crippen LogP contribution in [0.1, 0.15) is 62.9 Å². The van der Waals surface area contributed by atoms with Gasteiger partial charge < -0.3 is 35.0 Å². The van der Waals surface area contributed by atoms with Crippen LogP contribution in [0.25, 0.3) is 0 Å². The molecule has 62 heavy (non-hydrogen) atoms. The molecule has 3 aromatic carbocycles. The van der Waals surface area contributed by atoms with Crippen LogP contribution >= 0.6 is 11.6 Å². The maximum Gasteiger partial charge on any atom is 0.313 e. The summed E-state index contributed by atoms with van der Waals surface area (Å²) >= 11 is 6.36. The van der Waals surface area contributed by atoms with Crippen LogP contribution in [0.5, 0.6) is 11.5 Å². The van der Waals surface area contributed by atoms with Crippen LogP contribution < -0.4 is 20.6 Å². The van der Waals surface area contributed by atoms with Gasteiger partial charge in [-0.3, -0.25) is 24.4 Å². The van der Waals surface area contributed by atoms with Crippen LogP contribution in [-0.4, -0.2) is 116 Å². The number of methoxy groups -OCH3 is 2. The first-order valence-electron chi connectivity index (χ1n) is 20.8. The summed E-state index contributed by atoms with van der Waals surface area (Å²) in [6, 6.07) is 20.4. The molecular weight excluding hydrogens is 813 g/mol. The lowest BCUT2D eigenvalue weighted by Gasteiger charge is -2.50. The second kappa shape index (κ2) is 22.3. The lowest BCUT2D eigenvalue weighted by Crippen LogP contribution is -2.58. The first-order chi connectivity index (χ1) is 29.7. The molecule has 15 heteroatoms. The van der Waals surface area contributed by atoms with Gasteiger partial charge in [-0.05, 0) is 92.1 Å². The van der Waals surface area contributed by atoms with Crippen molar-refractivity contribution in [2.45, 2.75) is 59.2 Å². The fraction of sp³-hybridized carbons (Fsp3) is 0.447. The van der Waals surface area contributed by atoms with Gasteiger partial charge in [-0.15, -0.1) is 0 Å². The number of carbonyl (C=O) groups is 2. The van der Waals surface area contributed by atoms with Crippen molar-refractivity contribution in [2.75, 3.05) is 78.6 Å². The first kappa shape index (κ1) is 47.9. The van der Waals surface area contributed by atoms with Crippen molar-refractivity contribution in [1.29, 1.82) is 0 Å². The summed E-state index contributed by atoms with van der Waals surface area (Å²) in [4.78, 5) is 36.4. The summed E-state index contributed by atoms with van der Waals surface area (Å²) < 4.78 is 35.1. The van der Waals surface area contributed by atoms with Crippen LogP contribution in [0.4, 0.5) is 10.1 Å². The highest BCUT2D eigenvalue weighted by Crippen LogP contribution is 2.36. The summed E-state index contributed by atoms with van der Waals surface area (Å²) in [6.07, 6.45) is 4.00. The molecule has 3 heterocycles. The molecule has 334 valence electrons. The standard InChI is InChI=1S/C35H36ClFN6O4.C12H25NO2/c1-23(29-9-8-28(46-2)21-30(29)32(41-38)19-24-11-13-39-14-12-24)42-15-17-43(18-16-42)35(45)34(44)40-27-7-10-33(31(36)20-27)47-22-25-3-5-26(37)6-4-25;1-11(2,10-14-5)12(3,4)13-6-8-15-9-7-13/h3-14,20-21,23H,15-19,22,38H2,1-2H3,(H,40,44);6-10H2,1-5H3/b41-32-;. The fourth-order valence-corrected chi connectivity index (χ4v) is 7.78. The van der Waals surface area contributed by atoms with Crippen molar-refractivity contribution in [2.24, 2.45) is 16.4 Å². The van der Waals surface area contributed by atoms with Gasteiger partial charge in [-0.1, -0.05) is 43.6 Å². The average Bonchev–Trinajstić information content (AvgIpc) is 3.28. The van der Waals surface area contributed by atoms with Gasteiger partial charge in [0.15, 0.2) is 0 Å². The monoisotopic (exact) mass is 873 g/mol. The number of rotatable bonds is 14. The van der Waals surface area contributed by atoms with E-state index in [9.17, 15) is 14.0 Å². The van der Waals surface area contributed by atoms with E-state index in [-0.39, 0.29) is 34.4 Å². The summed E-state index contributed by atoms with van der Waals surface area (Å²) in [5, 5.41) is 7.04. The Bertz CT molecular complexity index is 2110. The molecule has 13 nitrogen and oxygen atoms in total. The van der Waals surface area contributed by atoms with Crippen molar-refractivity contribution >= 4 is 34.8 Å². The van der Waals surface area contributed by atoms with Crippen LogP contribution in [0.2, 0.25) is 5.02 Å². The van der Waals surface area contributed by atoms with E-state index in [1.165, 1.54) is 18.2 Å². The van der Waals surface area contributed by atoms with Crippen LogP contribution in [0.15, 0.2) is 90.3 Å². The number of piperazine rings is 1. The zero-order valence-corrected chi connectivity index (χ0v) is 37.7. The van der Waals surface area contributed by atoms with Gasteiger partial charge in [0, 0.05) is 93.4 Å². The van der Waals surface area contributed by atoms with E-state index in [2.05, 4.69) is 59.8 Å². The van der Waals surface area contributed by atoms with Crippen molar-refractivity contribution < 1.29 is 32.9 Å². The molecular formula is C47H61ClFN7O6. The Morgan fingerprint density at radius 1 is 0.919 bits per heavy atom. The number of halogens is 2. The molecule has 2 aliphatic rings. The lowest BCUT2D eigenvalue weighted by atomic mass is 9.73. The second-order valence-electron chi connectivity index (χ2n) is 16.6. The number of morpholine rings is 1. The number of benzene rings is 3. The summed E-state index contributed by atoms with van der Waals surface area (Å²) in [5.74, 6) is 5.29. The number of amides is 2. The third-order valence-corrected chi connectivity index (χ3v) is 12.4. The predicted molar refractivity (Wildman–Crippen MR) is 241 cm³/mol. The molecule has 1 atom stereocenters. The molecule has 2 aliphatic heterocycles. The zero-order valence-electron chi connectivity index (χ0n) is 37.0. The maximum absolute atomic E-state index is 13.1. The summed E-state index contributed by atoms with van der Waals surface area (Å²) in [5.41, 5.74) is 5.11. The van der Waals surface area contributed by atoms with Gasteiger partial charge in [0.05, 0.1) is 37.7 Å². The van der Waals surface area contributed by atoms with E-state index in [1.807, 2.05) is 30.3 Å². The minimum absolute atomic E-state index is 0.0258. The number of carbonyl (C=O) groups excluding carboxylic acids is 2. The number of ether oxygens (including phenoxy) is 4. The molecule has 0 saturated carbocycles. The van der Waals surface area contributed by atoms with E-state index in [1.54, 1.807) is 55.8 Å². The molecule has 3 N–H and O–H groups in total. The maximum atomic E-state index is 13.1. The number of nitrogens with one attached hydrogen (secondary N) is 1. The van der Waals surface area contributed by atoms with Crippen molar-refractivity contribution in [3.8, 4) is 11.5 Å².